The zero-order valence-electron chi connectivity index (χ0n) is 7.36. The van der Waals surface area contributed by atoms with Gasteiger partial charge in [0.15, 0.2) is 0 Å². The van der Waals surface area contributed by atoms with Crippen LogP contribution in [0.4, 0.5) is 0 Å². The molecular weight excluding hydrogens is 156 g/mol. The molecule has 1 fully saturated rings. The van der Waals surface area contributed by atoms with E-state index in [1.54, 1.807) is 0 Å². The Morgan fingerprint density at radius 2 is 2.33 bits per heavy atom. The molecule has 1 aliphatic heterocycles. The van der Waals surface area contributed by atoms with Crippen molar-refractivity contribution in [3.8, 4) is 0 Å². The van der Waals surface area contributed by atoms with E-state index >= 15 is 0 Å². The average Bonchev–Trinajstić information content (AvgIpc) is 2.26. The predicted octanol–water partition coefficient (Wildman–Crippen LogP) is -0.260. The van der Waals surface area contributed by atoms with E-state index in [1.165, 1.54) is 0 Å². The Hall–Kier alpha value is -0.610. The van der Waals surface area contributed by atoms with E-state index in [9.17, 15) is 4.79 Å². The summed E-state index contributed by atoms with van der Waals surface area (Å²) in [5.41, 5.74) is 5.82. The number of carboxylic acid groups (broad SMARTS) is 1. The molecule has 3 N–H and O–H groups in total. The molecule has 0 aliphatic carbocycles. The van der Waals surface area contributed by atoms with Crippen molar-refractivity contribution in [1.29, 1.82) is 0 Å². The van der Waals surface area contributed by atoms with Crippen molar-refractivity contribution < 1.29 is 9.90 Å². The van der Waals surface area contributed by atoms with Crippen molar-refractivity contribution in [2.75, 3.05) is 20.1 Å². The lowest BCUT2D eigenvalue weighted by atomic mass is 9.99. The summed E-state index contributed by atoms with van der Waals surface area (Å²) in [6, 6.07) is 0.161. The third kappa shape index (κ3) is 2.46. The molecule has 0 aromatic rings. The first kappa shape index (κ1) is 9.48. The number of likely N-dealkylation sites (N-methyl/N-ethyl adjacent to an activating group) is 1. The van der Waals surface area contributed by atoms with Gasteiger partial charge >= 0.3 is 5.97 Å². The Bertz CT molecular complexity index is 172. The molecule has 0 bridgehead atoms. The molecular formula is C8H16N2O2. The van der Waals surface area contributed by atoms with Crippen LogP contribution in [0.3, 0.4) is 0 Å². The van der Waals surface area contributed by atoms with Gasteiger partial charge < -0.3 is 15.7 Å². The zero-order valence-corrected chi connectivity index (χ0v) is 7.36. The Balaban J connectivity index is 2.28. The highest BCUT2D eigenvalue weighted by atomic mass is 16.4. The molecule has 0 spiro atoms. The second-order valence-corrected chi connectivity index (χ2v) is 3.58. The summed E-state index contributed by atoms with van der Waals surface area (Å²) < 4.78 is 0. The van der Waals surface area contributed by atoms with E-state index in [-0.39, 0.29) is 12.5 Å². The van der Waals surface area contributed by atoms with Crippen molar-refractivity contribution in [1.82, 2.24) is 4.90 Å². The van der Waals surface area contributed by atoms with Crippen LogP contribution in [0.15, 0.2) is 0 Å². The van der Waals surface area contributed by atoms with Gasteiger partial charge in [0.1, 0.15) is 0 Å². The molecule has 70 valence electrons. The second-order valence-electron chi connectivity index (χ2n) is 3.58. The van der Waals surface area contributed by atoms with Gasteiger partial charge in [-0.2, -0.15) is 0 Å². The summed E-state index contributed by atoms with van der Waals surface area (Å²) in [5.74, 6) is -0.358. The van der Waals surface area contributed by atoms with Crippen molar-refractivity contribution in [3.63, 3.8) is 0 Å². The zero-order chi connectivity index (χ0) is 9.14. The molecule has 1 heterocycles. The molecule has 1 aliphatic rings. The van der Waals surface area contributed by atoms with Gasteiger partial charge in [-0.15, -0.1) is 0 Å². The van der Waals surface area contributed by atoms with Crippen LogP contribution >= 0.6 is 0 Å². The second kappa shape index (κ2) is 3.87. The maximum Gasteiger partial charge on any atom is 0.303 e. The number of rotatable bonds is 3. The first-order valence-corrected chi connectivity index (χ1v) is 4.25. The largest absolute Gasteiger partial charge is 0.481 e. The number of carboxylic acids is 1. The highest BCUT2D eigenvalue weighted by Crippen LogP contribution is 2.18. The molecule has 0 amide bonds. The van der Waals surface area contributed by atoms with Crippen LogP contribution in [-0.2, 0) is 4.79 Å². The van der Waals surface area contributed by atoms with Gasteiger partial charge in [-0.25, -0.2) is 0 Å². The van der Waals surface area contributed by atoms with Gasteiger partial charge in [0.05, 0.1) is 0 Å². The normalized spacial score (nSPS) is 30.8. The number of aliphatic carboxylic acids is 1. The highest BCUT2D eigenvalue weighted by molar-refractivity contribution is 5.66. The third-order valence-electron chi connectivity index (χ3n) is 2.40. The van der Waals surface area contributed by atoms with E-state index in [4.69, 9.17) is 10.8 Å². The van der Waals surface area contributed by atoms with Crippen molar-refractivity contribution >= 4 is 5.97 Å². The van der Waals surface area contributed by atoms with E-state index < -0.39 is 5.97 Å². The number of hydrogen-bond acceptors (Lipinski definition) is 3. The number of likely N-dealkylation sites (tertiary alicyclic amines) is 1. The number of nitrogens with zero attached hydrogens (tertiary/aromatic N) is 1. The number of carbonyl (C=O) groups is 1. The molecule has 1 rings (SSSR count). The summed E-state index contributed by atoms with van der Waals surface area (Å²) >= 11 is 0. The maximum absolute atomic E-state index is 10.3. The summed E-state index contributed by atoms with van der Waals surface area (Å²) in [6.07, 6.45) is 0.951. The predicted molar refractivity (Wildman–Crippen MR) is 45.8 cm³/mol. The third-order valence-corrected chi connectivity index (χ3v) is 2.40. The molecule has 1 saturated heterocycles. The lowest BCUT2D eigenvalue weighted by molar-refractivity contribution is -0.137. The Kier molecular flexibility index (Phi) is 3.05. The van der Waals surface area contributed by atoms with Gasteiger partial charge in [0.25, 0.3) is 0 Å². The summed E-state index contributed by atoms with van der Waals surface area (Å²) in [5, 5.41) is 8.47. The minimum Gasteiger partial charge on any atom is -0.481 e. The molecule has 0 aromatic heterocycles. The molecule has 2 atom stereocenters. The molecule has 0 unspecified atom stereocenters. The molecule has 0 aromatic carbocycles. The van der Waals surface area contributed by atoms with Crippen molar-refractivity contribution in [2.45, 2.75) is 18.9 Å². The van der Waals surface area contributed by atoms with Crippen LogP contribution in [0, 0.1) is 5.92 Å². The number of nitrogens with two attached hydrogens (primary N) is 1. The van der Waals surface area contributed by atoms with Gasteiger partial charge in [-0.05, 0) is 19.4 Å². The quantitative estimate of drug-likeness (QED) is 0.615. The van der Waals surface area contributed by atoms with Crippen LogP contribution < -0.4 is 5.73 Å². The fourth-order valence-electron chi connectivity index (χ4n) is 1.73. The SMILES string of the molecule is CN1C[C@H](CCC(=O)O)[C@H](N)C1. The summed E-state index contributed by atoms with van der Waals surface area (Å²) in [7, 11) is 2.01. The first-order chi connectivity index (χ1) is 5.59. The Morgan fingerprint density at radius 1 is 1.67 bits per heavy atom. The molecule has 0 saturated carbocycles. The fourth-order valence-corrected chi connectivity index (χ4v) is 1.73. The van der Waals surface area contributed by atoms with Crippen LogP contribution in [0.1, 0.15) is 12.8 Å². The van der Waals surface area contributed by atoms with Crippen LogP contribution in [0.25, 0.3) is 0 Å². The van der Waals surface area contributed by atoms with E-state index in [0.29, 0.717) is 12.3 Å². The monoisotopic (exact) mass is 172 g/mol. The van der Waals surface area contributed by atoms with Gasteiger partial charge in [0.2, 0.25) is 0 Å². The lowest BCUT2D eigenvalue weighted by Crippen LogP contribution is -2.29. The smallest absolute Gasteiger partial charge is 0.303 e. The van der Waals surface area contributed by atoms with Crippen LogP contribution in [0.5, 0.6) is 0 Å². The van der Waals surface area contributed by atoms with Gasteiger partial charge in [-0.3, -0.25) is 4.79 Å². The Morgan fingerprint density at radius 3 is 2.75 bits per heavy atom. The standard InChI is InChI=1S/C8H16N2O2/c1-10-4-6(7(9)5-10)2-3-8(11)12/h6-7H,2-5,9H2,1H3,(H,11,12)/t6-,7+/m0/s1. The average molecular weight is 172 g/mol. The molecule has 12 heavy (non-hydrogen) atoms. The van der Waals surface area contributed by atoms with Crippen molar-refractivity contribution in [3.05, 3.63) is 0 Å². The van der Waals surface area contributed by atoms with E-state index in [0.717, 1.165) is 13.1 Å². The van der Waals surface area contributed by atoms with Crippen molar-refractivity contribution in [2.24, 2.45) is 11.7 Å². The number of hydrogen-bond donors (Lipinski definition) is 2. The first-order valence-electron chi connectivity index (χ1n) is 4.25. The van der Waals surface area contributed by atoms with E-state index in [1.807, 2.05) is 7.05 Å². The van der Waals surface area contributed by atoms with Crippen LogP contribution in [-0.4, -0.2) is 42.2 Å². The lowest BCUT2D eigenvalue weighted by Gasteiger charge is -2.11. The van der Waals surface area contributed by atoms with Gasteiger partial charge in [0, 0.05) is 25.6 Å². The molecule has 4 nitrogen and oxygen atoms in total. The minimum atomic E-state index is -0.725. The summed E-state index contributed by atoms with van der Waals surface area (Å²) in [6.45, 7) is 1.83. The minimum absolute atomic E-state index is 0.161. The van der Waals surface area contributed by atoms with Gasteiger partial charge in [-0.1, -0.05) is 0 Å². The van der Waals surface area contributed by atoms with E-state index in [2.05, 4.69) is 4.90 Å². The topological polar surface area (TPSA) is 66.6 Å². The summed E-state index contributed by atoms with van der Waals surface area (Å²) in [4.78, 5) is 12.4. The molecule has 4 heteroatoms. The maximum atomic E-state index is 10.3. The van der Waals surface area contributed by atoms with Crippen LogP contribution in [0.2, 0.25) is 0 Å². The highest BCUT2D eigenvalue weighted by Gasteiger charge is 2.27. The molecule has 0 radical (unpaired) electrons. The Labute approximate surface area is 72.3 Å². The fraction of sp³-hybridized carbons (Fsp3) is 0.875.